The minimum Gasteiger partial charge on any atom is -0.490 e. The Labute approximate surface area is 122 Å². The van der Waals surface area contributed by atoms with Crippen LogP contribution in [0, 0.1) is 0 Å². The fourth-order valence-electron chi connectivity index (χ4n) is 2.79. The van der Waals surface area contributed by atoms with Crippen molar-refractivity contribution in [2.24, 2.45) is 0 Å². The van der Waals surface area contributed by atoms with Crippen LogP contribution in [0.4, 0.5) is 0 Å². The smallest absolute Gasteiger partial charge is 0.161 e. The van der Waals surface area contributed by atoms with Crippen LogP contribution in [0.25, 0.3) is 0 Å². The summed E-state index contributed by atoms with van der Waals surface area (Å²) in [6, 6.07) is 8.46. The molecular weight excluding hydrogens is 250 g/mol. The van der Waals surface area contributed by atoms with Crippen molar-refractivity contribution in [1.82, 2.24) is 5.32 Å². The highest BCUT2D eigenvalue weighted by atomic mass is 16.5. The molecule has 0 saturated heterocycles. The quantitative estimate of drug-likeness (QED) is 0.823. The molecule has 1 fully saturated rings. The van der Waals surface area contributed by atoms with Crippen LogP contribution in [-0.4, -0.2) is 25.3 Å². The minimum atomic E-state index is 0.261. The Balaban J connectivity index is 2.02. The minimum absolute atomic E-state index is 0.261. The van der Waals surface area contributed by atoms with Gasteiger partial charge in [0.15, 0.2) is 11.5 Å². The molecule has 1 aromatic carbocycles. The van der Waals surface area contributed by atoms with Crippen molar-refractivity contribution in [3.05, 3.63) is 24.3 Å². The Kier molecular flexibility index (Phi) is 6.19. The molecule has 112 valence electrons. The fraction of sp³-hybridized carbons (Fsp3) is 0.647. The summed E-state index contributed by atoms with van der Waals surface area (Å²) in [4.78, 5) is 0. The molecule has 1 aliphatic carbocycles. The highest BCUT2D eigenvalue weighted by Gasteiger charge is 2.26. The molecule has 0 spiro atoms. The number of hydrogen-bond donors (Lipinski definition) is 1. The summed E-state index contributed by atoms with van der Waals surface area (Å²) in [6.07, 6.45) is 6.32. The lowest BCUT2D eigenvalue weighted by molar-refractivity contribution is 0.109. The first-order valence-electron chi connectivity index (χ1n) is 7.97. The lowest BCUT2D eigenvalue weighted by Gasteiger charge is -2.33. The molecule has 0 aliphatic heterocycles. The summed E-state index contributed by atoms with van der Waals surface area (Å²) in [5, 5.41) is 3.63. The third-order valence-corrected chi connectivity index (χ3v) is 3.79. The molecule has 1 aliphatic rings. The van der Waals surface area contributed by atoms with Crippen LogP contribution in [0.1, 0.15) is 46.0 Å². The molecule has 0 aromatic heterocycles. The van der Waals surface area contributed by atoms with Crippen LogP contribution in [0.3, 0.4) is 0 Å². The standard InChI is InChI=1S/C17H27NO2/c1-3-13-18-14-9-5-6-10-15(14)20-17-12-8-7-11-16(17)19-4-2/h7-8,11-12,14-15,18H,3-6,9-10,13H2,1-2H3. The van der Waals surface area contributed by atoms with Gasteiger partial charge in [-0.05, 0) is 51.3 Å². The van der Waals surface area contributed by atoms with Gasteiger partial charge >= 0.3 is 0 Å². The van der Waals surface area contributed by atoms with E-state index < -0.39 is 0 Å². The largest absolute Gasteiger partial charge is 0.490 e. The maximum absolute atomic E-state index is 6.26. The van der Waals surface area contributed by atoms with Crippen molar-refractivity contribution >= 4 is 0 Å². The zero-order valence-electron chi connectivity index (χ0n) is 12.7. The molecule has 1 aromatic rings. The predicted molar refractivity (Wildman–Crippen MR) is 82.6 cm³/mol. The van der Waals surface area contributed by atoms with Crippen LogP contribution >= 0.6 is 0 Å². The second-order valence-corrected chi connectivity index (χ2v) is 5.38. The first kappa shape index (κ1) is 15.2. The van der Waals surface area contributed by atoms with Gasteiger partial charge < -0.3 is 14.8 Å². The van der Waals surface area contributed by atoms with E-state index in [1.165, 1.54) is 25.7 Å². The summed E-state index contributed by atoms with van der Waals surface area (Å²) in [7, 11) is 0. The van der Waals surface area contributed by atoms with Crippen molar-refractivity contribution in [1.29, 1.82) is 0 Å². The molecule has 2 rings (SSSR count). The summed E-state index contributed by atoms with van der Waals surface area (Å²) in [5.74, 6) is 1.74. The number of rotatable bonds is 7. The molecule has 0 amide bonds. The zero-order valence-corrected chi connectivity index (χ0v) is 12.7. The Bertz CT molecular complexity index is 394. The SMILES string of the molecule is CCCNC1CCCCC1Oc1ccccc1OCC. The highest BCUT2D eigenvalue weighted by Crippen LogP contribution is 2.31. The number of ether oxygens (including phenoxy) is 2. The topological polar surface area (TPSA) is 30.5 Å². The van der Waals surface area contributed by atoms with Gasteiger partial charge in [0, 0.05) is 6.04 Å². The zero-order chi connectivity index (χ0) is 14.2. The first-order chi connectivity index (χ1) is 9.85. The predicted octanol–water partition coefficient (Wildman–Crippen LogP) is 3.77. The van der Waals surface area contributed by atoms with Crippen LogP contribution in [0.5, 0.6) is 11.5 Å². The van der Waals surface area contributed by atoms with E-state index in [0.717, 1.165) is 24.5 Å². The summed E-state index contributed by atoms with van der Waals surface area (Å²) < 4.78 is 11.9. The number of nitrogens with one attached hydrogen (secondary N) is 1. The van der Waals surface area contributed by atoms with E-state index in [-0.39, 0.29) is 6.10 Å². The van der Waals surface area contributed by atoms with Crippen molar-refractivity contribution < 1.29 is 9.47 Å². The van der Waals surface area contributed by atoms with Crippen LogP contribution < -0.4 is 14.8 Å². The average molecular weight is 277 g/mol. The Morgan fingerprint density at radius 2 is 1.85 bits per heavy atom. The third-order valence-electron chi connectivity index (χ3n) is 3.79. The Morgan fingerprint density at radius 1 is 1.10 bits per heavy atom. The van der Waals surface area contributed by atoms with Gasteiger partial charge in [-0.2, -0.15) is 0 Å². The van der Waals surface area contributed by atoms with E-state index in [9.17, 15) is 0 Å². The van der Waals surface area contributed by atoms with E-state index >= 15 is 0 Å². The summed E-state index contributed by atoms with van der Waals surface area (Å²) in [5.41, 5.74) is 0. The van der Waals surface area contributed by atoms with Gasteiger partial charge in [0.2, 0.25) is 0 Å². The van der Waals surface area contributed by atoms with E-state index in [4.69, 9.17) is 9.47 Å². The molecular formula is C17H27NO2. The normalized spacial score (nSPS) is 22.5. The average Bonchev–Trinajstić information content (AvgIpc) is 2.49. The van der Waals surface area contributed by atoms with Crippen LogP contribution in [-0.2, 0) is 0 Å². The molecule has 1 saturated carbocycles. The molecule has 3 nitrogen and oxygen atoms in total. The number of benzene rings is 1. The summed E-state index contributed by atoms with van der Waals surface area (Å²) >= 11 is 0. The van der Waals surface area contributed by atoms with E-state index in [1.807, 2.05) is 31.2 Å². The van der Waals surface area contributed by atoms with Crippen molar-refractivity contribution in [2.45, 2.75) is 58.1 Å². The molecule has 1 N–H and O–H groups in total. The van der Waals surface area contributed by atoms with Gasteiger partial charge in [0.1, 0.15) is 6.10 Å². The molecule has 3 heteroatoms. The van der Waals surface area contributed by atoms with Crippen molar-refractivity contribution in [2.75, 3.05) is 13.2 Å². The molecule has 2 unspecified atom stereocenters. The van der Waals surface area contributed by atoms with Gasteiger partial charge in [0.25, 0.3) is 0 Å². The van der Waals surface area contributed by atoms with Crippen LogP contribution in [0.15, 0.2) is 24.3 Å². The summed E-state index contributed by atoms with van der Waals surface area (Å²) in [6.45, 7) is 5.94. The lowest BCUT2D eigenvalue weighted by Crippen LogP contribution is -2.45. The van der Waals surface area contributed by atoms with E-state index in [0.29, 0.717) is 12.6 Å². The Hall–Kier alpha value is -1.22. The molecule has 0 bridgehead atoms. The fourth-order valence-corrected chi connectivity index (χ4v) is 2.79. The monoisotopic (exact) mass is 277 g/mol. The van der Waals surface area contributed by atoms with Crippen molar-refractivity contribution in [3.8, 4) is 11.5 Å². The first-order valence-corrected chi connectivity index (χ1v) is 7.97. The highest BCUT2D eigenvalue weighted by molar-refractivity contribution is 5.39. The Morgan fingerprint density at radius 3 is 2.60 bits per heavy atom. The molecule has 20 heavy (non-hydrogen) atoms. The van der Waals surface area contributed by atoms with Gasteiger partial charge in [-0.25, -0.2) is 0 Å². The van der Waals surface area contributed by atoms with Gasteiger partial charge in [-0.15, -0.1) is 0 Å². The molecule has 0 radical (unpaired) electrons. The molecule has 0 heterocycles. The maximum atomic E-state index is 6.26. The number of hydrogen-bond acceptors (Lipinski definition) is 3. The second kappa shape index (κ2) is 8.15. The van der Waals surface area contributed by atoms with E-state index in [1.54, 1.807) is 0 Å². The van der Waals surface area contributed by atoms with Gasteiger partial charge in [-0.3, -0.25) is 0 Å². The van der Waals surface area contributed by atoms with Gasteiger partial charge in [-0.1, -0.05) is 25.5 Å². The van der Waals surface area contributed by atoms with Gasteiger partial charge in [0.05, 0.1) is 6.61 Å². The number of para-hydroxylation sites is 2. The second-order valence-electron chi connectivity index (χ2n) is 5.38. The van der Waals surface area contributed by atoms with Crippen molar-refractivity contribution in [3.63, 3.8) is 0 Å². The van der Waals surface area contributed by atoms with Crippen LogP contribution in [0.2, 0.25) is 0 Å². The van der Waals surface area contributed by atoms with E-state index in [2.05, 4.69) is 12.2 Å². The molecule has 2 atom stereocenters. The lowest BCUT2D eigenvalue weighted by atomic mass is 9.92. The third kappa shape index (κ3) is 4.14. The maximum Gasteiger partial charge on any atom is 0.161 e.